The van der Waals surface area contributed by atoms with Gasteiger partial charge in [-0.05, 0) is 30.5 Å². The van der Waals surface area contributed by atoms with E-state index in [1.54, 1.807) is 7.11 Å². The van der Waals surface area contributed by atoms with Gasteiger partial charge < -0.3 is 10.1 Å². The van der Waals surface area contributed by atoms with E-state index in [9.17, 15) is 0 Å². The minimum absolute atomic E-state index is 0.418. The van der Waals surface area contributed by atoms with Gasteiger partial charge in [0.05, 0.1) is 6.61 Å². The predicted octanol–water partition coefficient (Wildman–Crippen LogP) is 3.16. The van der Waals surface area contributed by atoms with Crippen LogP contribution in [0, 0.1) is 6.92 Å². The van der Waals surface area contributed by atoms with Crippen molar-refractivity contribution >= 4 is 11.6 Å². The molecule has 0 amide bonds. The van der Waals surface area contributed by atoms with Gasteiger partial charge in [0.25, 0.3) is 0 Å². The molecule has 0 aromatic heterocycles. The Morgan fingerprint density at radius 3 is 2.75 bits per heavy atom. The summed E-state index contributed by atoms with van der Waals surface area (Å²) < 4.78 is 5.14. The first-order valence-corrected chi connectivity index (χ1v) is 6.02. The van der Waals surface area contributed by atoms with E-state index in [-0.39, 0.29) is 0 Å². The zero-order chi connectivity index (χ0) is 12.0. The predicted molar refractivity (Wildman–Crippen MR) is 69.0 cm³/mol. The van der Waals surface area contributed by atoms with Gasteiger partial charge in [-0.15, -0.1) is 0 Å². The molecule has 1 aromatic rings. The first kappa shape index (κ1) is 13.5. The molecule has 0 fully saturated rings. The average molecular weight is 242 g/mol. The molecule has 0 aliphatic rings. The standard InChI is InChI=1S/C13H20ClNO/c1-4-12(9-16-3)15-8-11-5-6-13(14)10(2)7-11/h5-7,12,15H,4,8-9H2,1-3H3. The lowest BCUT2D eigenvalue weighted by Gasteiger charge is -2.16. The fourth-order valence-corrected chi connectivity index (χ4v) is 1.72. The maximum Gasteiger partial charge on any atom is 0.0615 e. The SMILES string of the molecule is CCC(COC)NCc1ccc(Cl)c(C)c1. The van der Waals surface area contributed by atoms with Crippen LogP contribution in [0.2, 0.25) is 5.02 Å². The monoisotopic (exact) mass is 241 g/mol. The van der Waals surface area contributed by atoms with Gasteiger partial charge >= 0.3 is 0 Å². The van der Waals surface area contributed by atoms with Crippen LogP contribution in [-0.4, -0.2) is 19.8 Å². The third-order valence-corrected chi connectivity index (χ3v) is 3.10. The number of ether oxygens (including phenoxy) is 1. The van der Waals surface area contributed by atoms with E-state index in [1.165, 1.54) is 5.56 Å². The maximum absolute atomic E-state index is 5.98. The summed E-state index contributed by atoms with van der Waals surface area (Å²) in [6, 6.07) is 6.54. The summed E-state index contributed by atoms with van der Waals surface area (Å²) >= 11 is 5.98. The minimum Gasteiger partial charge on any atom is -0.383 e. The molecule has 0 heterocycles. The molecule has 1 unspecified atom stereocenters. The molecule has 16 heavy (non-hydrogen) atoms. The lowest BCUT2D eigenvalue weighted by atomic mass is 10.1. The number of hydrogen-bond acceptors (Lipinski definition) is 2. The number of rotatable bonds is 6. The van der Waals surface area contributed by atoms with Crippen molar-refractivity contribution in [3.05, 3.63) is 34.3 Å². The lowest BCUT2D eigenvalue weighted by Crippen LogP contribution is -2.32. The van der Waals surface area contributed by atoms with Crippen LogP contribution >= 0.6 is 11.6 Å². The van der Waals surface area contributed by atoms with Gasteiger partial charge in [0.2, 0.25) is 0 Å². The van der Waals surface area contributed by atoms with Crippen molar-refractivity contribution in [3.63, 3.8) is 0 Å². The summed E-state index contributed by atoms with van der Waals surface area (Å²) in [6.45, 7) is 5.80. The summed E-state index contributed by atoms with van der Waals surface area (Å²) in [7, 11) is 1.73. The molecule has 1 atom stereocenters. The van der Waals surface area contributed by atoms with E-state index in [1.807, 2.05) is 13.0 Å². The summed E-state index contributed by atoms with van der Waals surface area (Å²) in [5, 5.41) is 4.29. The second-order valence-electron chi connectivity index (χ2n) is 4.02. The van der Waals surface area contributed by atoms with E-state index in [0.29, 0.717) is 6.04 Å². The molecular weight excluding hydrogens is 222 g/mol. The first-order chi connectivity index (χ1) is 7.67. The molecule has 90 valence electrons. The van der Waals surface area contributed by atoms with E-state index in [4.69, 9.17) is 16.3 Å². The van der Waals surface area contributed by atoms with Gasteiger partial charge in [-0.3, -0.25) is 0 Å². The van der Waals surface area contributed by atoms with Crippen molar-refractivity contribution in [3.8, 4) is 0 Å². The van der Waals surface area contributed by atoms with Gasteiger partial charge in [0.15, 0.2) is 0 Å². The van der Waals surface area contributed by atoms with Crippen LogP contribution in [0.15, 0.2) is 18.2 Å². The molecule has 1 N–H and O–H groups in total. The minimum atomic E-state index is 0.418. The van der Waals surface area contributed by atoms with E-state index >= 15 is 0 Å². The molecule has 1 aromatic carbocycles. The quantitative estimate of drug-likeness (QED) is 0.826. The second-order valence-corrected chi connectivity index (χ2v) is 4.43. The molecule has 0 aliphatic carbocycles. The Morgan fingerprint density at radius 1 is 1.44 bits per heavy atom. The first-order valence-electron chi connectivity index (χ1n) is 5.64. The number of hydrogen-bond donors (Lipinski definition) is 1. The number of methoxy groups -OCH3 is 1. The molecule has 0 saturated carbocycles. The van der Waals surface area contributed by atoms with Crippen LogP contribution < -0.4 is 5.32 Å². The summed E-state index contributed by atoms with van der Waals surface area (Å²) in [4.78, 5) is 0. The van der Waals surface area contributed by atoms with Crippen molar-refractivity contribution in [1.82, 2.24) is 5.32 Å². The van der Waals surface area contributed by atoms with Crippen LogP contribution in [0.3, 0.4) is 0 Å². The Hall–Kier alpha value is -0.570. The molecule has 0 aliphatic heterocycles. The molecule has 0 spiro atoms. The Balaban J connectivity index is 2.50. The van der Waals surface area contributed by atoms with Crippen LogP contribution in [0.4, 0.5) is 0 Å². The van der Waals surface area contributed by atoms with Gasteiger partial charge in [-0.2, -0.15) is 0 Å². The van der Waals surface area contributed by atoms with Crippen molar-refractivity contribution in [2.75, 3.05) is 13.7 Å². The third kappa shape index (κ3) is 4.12. The second kappa shape index (κ2) is 6.89. The maximum atomic E-state index is 5.98. The largest absolute Gasteiger partial charge is 0.383 e. The van der Waals surface area contributed by atoms with Crippen LogP contribution in [0.25, 0.3) is 0 Å². The molecule has 2 nitrogen and oxygen atoms in total. The Bertz CT molecular complexity index is 328. The van der Waals surface area contributed by atoms with Crippen molar-refractivity contribution in [2.45, 2.75) is 32.9 Å². The third-order valence-electron chi connectivity index (χ3n) is 2.68. The zero-order valence-electron chi connectivity index (χ0n) is 10.2. The smallest absolute Gasteiger partial charge is 0.0615 e. The fourth-order valence-electron chi connectivity index (χ4n) is 1.60. The molecule has 0 saturated heterocycles. The number of aryl methyl sites for hydroxylation is 1. The van der Waals surface area contributed by atoms with Gasteiger partial charge in [0.1, 0.15) is 0 Å². The molecule has 3 heteroatoms. The average Bonchev–Trinajstić information content (AvgIpc) is 2.28. The zero-order valence-corrected chi connectivity index (χ0v) is 11.0. The van der Waals surface area contributed by atoms with Crippen LogP contribution in [-0.2, 0) is 11.3 Å². The molecular formula is C13H20ClNO. The Morgan fingerprint density at radius 2 is 2.19 bits per heavy atom. The van der Waals surface area contributed by atoms with E-state index in [2.05, 4.69) is 24.4 Å². The summed E-state index contributed by atoms with van der Waals surface area (Å²) in [5.74, 6) is 0. The number of benzene rings is 1. The number of nitrogens with one attached hydrogen (secondary N) is 1. The number of halogens is 1. The molecule has 0 radical (unpaired) electrons. The van der Waals surface area contributed by atoms with E-state index < -0.39 is 0 Å². The highest BCUT2D eigenvalue weighted by Crippen LogP contribution is 2.16. The van der Waals surface area contributed by atoms with E-state index in [0.717, 1.165) is 30.2 Å². The Labute approximate surface area is 103 Å². The van der Waals surface area contributed by atoms with Gasteiger partial charge in [-0.1, -0.05) is 30.7 Å². The van der Waals surface area contributed by atoms with Gasteiger partial charge in [0, 0.05) is 24.7 Å². The highest BCUT2D eigenvalue weighted by Gasteiger charge is 2.05. The van der Waals surface area contributed by atoms with Crippen LogP contribution in [0.5, 0.6) is 0 Å². The Kier molecular flexibility index (Phi) is 5.81. The fraction of sp³-hybridized carbons (Fsp3) is 0.538. The lowest BCUT2D eigenvalue weighted by molar-refractivity contribution is 0.164. The van der Waals surface area contributed by atoms with Crippen molar-refractivity contribution in [1.29, 1.82) is 0 Å². The normalized spacial score (nSPS) is 12.8. The van der Waals surface area contributed by atoms with Crippen molar-refractivity contribution in [2.24, 2.45) is 0 Å². The van der Waals surface area contributed by atoms with Gasteiger partial charge in [-0.25, -0.2) is 0 Å². The topological polar surface area (TPSA) is 21.3 Å². The summed E-state index contributed by atoms with van der Waals surface area (Å²) in [6.07, 6.45) is 1.07. The molecule has 0 bridgehead atoms. The van der Waals surface area contributed by atoms with Crippen LogP contribution in [0.1, 0.15) is 24.5 Å². The highest BCUT2D eigenvalue weighted by atomic mass is 35.5. The summed E-state index contributed by atoms with van der Waals surface area (Å²) in [5.41, 5.74) is 2.39. The molecule has 1 rings (SSSR count). The van der Waals surface area contributed by atoms with Crippen molar-refractivity contribution < 1.29 is 4.74 Å². The highest BCUT2D eigenvalue weighted by molar-refractivity contribution is 6.31.